The van der Waals surface area contributed by atoms with E-state index in [4.69, 9.17) is 11.6 Å². The number of carbonyl (C=O) groups is 1. The molecule has 3 nitrogen and oxygen atoms in total. The van der Waals surface area contributed by atoms with Crippen molar-refractivity contribution in [2.75, 3.05) is 5.88 Å². The molecule has 1 rings (SSSR count). The van der Waals surface area contributed by atoms with E-state index in [1.54, 1.807) is 6.92 Å². The summed E-state index contributed by atoms with van der Waals surface area (Å²) in [5.41, 5.74) is 0.392. The molecule has 0 aromatic heterocycles. The molecule has 1 aliphatic heterocycles. The lowest BCUT2D eigenvalue weighted by Crippen LogP contribution is -2.29. The van der Waals surface area contributed by atoms with E-state index in [0.717, 1.165) is 0 Å². The Bertz CT molecular complexity index is 199. The topological polar surface area (TPSA) is 46.5 Å². The Hall–Kier alpha value is -0.540. The maximum atomic E-state index is 10.6. The molecule has 0 radical (unpaired) electrons. The van der Waals surface area contributed by atoms with Gasteiger partial charge < -0.3 is 9.84 Å². The quantitative estimate of drug-likeness (QED) is 0.449. The molecule has 0 saturated carbocycles. The van der Waals surface area contributed by atoms with Crippen LogP contribution in [0.2, 0.25) is 0 Å². The first-order valence-electron chi connectivity index (χ1n) is 2.78. The fourth-order valence-electron chi connectivity index (χ4n) is 0.734. The number of carbonyl (C=O) groups excluding carboxylic acids is 1. The van der Waals surface area contributed by atoms with Crippen LogP contribution in [-0.2, 0) is 9.53 Å². The van der Waals surface area contributed by atoms with Crippen molar-refractivity contribution in [3.8, 4) is 0 Å². The largest absolute Gasteiger partial charge is 0.425 e. The van der Waals surface area contributed by atoms with Gasteiger partial charge in [0, 0.05) is 5.57 Å². The molecule has 1 unspecified atom stereocenters. The third kappa shape index (κ3) is 1.15. The van der Waals surface area contributed by atoms with Crippen molar-refractivity contribution in [3.05, 3.63) is 11.6 Å². The normalized spacial score (nSPS) is 31.9. The van der Waals surface area contributed by atoms with Crippen molar-refractivity contribution in [1.82, 2.24) is 0 Å². The van der Waals surface area contributed by atoms with E-state index in [1.165, 1.54) is 6.08 Å². The number of aliphatic hydroxyl groups is 1. The van der Waals surface area contributed by atoms with Crippen LogP contribution >= 0.6 is 11.6 Å². The van der Waals surface area contributed by atoms with Crippen LogP contribution < -0.4 is 0 Å². The van der Waals surface area contributed by atoms with Crippen molar-refractivity contribution in [1.29, 1.82) is 0 Å². The second kappa shape index (κ2) is 2.25. The summed E-state index contributed by atoms with van der Waals surface area (Å²) in [7, 11) is 0. The zero-order valence-corrected chi connectivity index (χ0v) is 6.18. The van der Waals surface area contributed by atoms with Gasteiger partial charge in [0.25, 0.3) is 0 Å². The van der Waals surface area contributed by atoms with Gasteiger partial charge in [-0.05, 0) is 13.0 Å². The minimum atomic E-state index is -1.57. The van der Waals surface area contributed by atoms with Crippen LogP contribution in [0, 0.1) is 0 Å². The molecule has 0 aromatic carbocycles. The highest BCUT2D eigenvalue weighted by molar-refractivity contribution is 6.19. The van der Waals surface area contributed by atoms with Gasteiger partial charge in [-0.1, -0.05) is 0 Å². The summed E-state index contributed by atoms with van der Waals surface area (Å²) in [5, 5.41) is 9.19. The monoisotopic (exact) mass is 162 g/mol. The Balaban J connectivity index is 2.82. The average molecular weight is 163 g/mol. The maximum Gasteiger partial charge on any atom is 0.336 e. The smallest absolute Gasteiger partial charge is 0.336 e. The maximum absolute atomic E-state index is 10.6. The highest BCUT2D eigenvalue weighted by atomic mass is 35.5. The predicted molar refractivity (Wildman–Crippen MR) is 35.5 cm³/mol. The molecular formula is C6H7ClO3. The minimum Gasteiger partial charge on any atom is -0.425 e. The third-order valence-corrected chi connectivity index (χ3v) is 1.61. The van der Waals surface area contributed by atoms with Gasteiger partial charge in [0.2, 0.25) is 5.79 Å². The molecule has 10 heavy (non-hydrogen) atoms. The number of rotatable bonds is 1. The lowest BCUT2D eigenvalue weighted by molar-refractivity contribution is -0.171. The fraction of sp³-hybridized carbons (Fsp3) is 0.500. The lowest BCUT2D eigenvalue weighted by Gasteiger charge is -2.14. The van der Waals surface area contributed by atoms with Gasteiger partial charge in [-0.2, -0.15) is 0 Å². The summed E-state index contributed by atoms with van der Waals surface area (Å²) < 4.78 is 4.50. The van der Waals surface area contributed by atoms with Crippen molar-refractivity contribution < 1.29 is 14.6 Å². The number of alkyl halides is 1. The SMILES string of the molecule is CC1=CC(O)(CCl)OC1=O. The van der Waals surface area contributed by atoms with E-state index in [-0.39, 0.29) is 5.88 Å². The molecule has 56 valence electrons. The average Bonchev–Trinajstić information content (AvgIpc) is 2.10. The number of ether oxygens (including phenoxy) is 1. The number of esters is 1. The highest BCUT2D eigenvalue weighted by Gasteiger charge is 2.35. The van der Waals surface area contributed by atoms with Crippen molar-refractivity contribution >= 4 is 17.6 Å². The summed E-state index contributed by atoms with van der Waals surface area (Å²) in [6, 6.07) is 0. The summed E-state index contributed by atoms with van der Waals surface area (Å²) >= 11 is 5.31. The number of halogens is 1. The Labute approximate surface area is 63.2 Å². The molecule has 0 aliphatic carbocycles. The van der Waals surface area contributed by atoms with Crippen LogP contribution in [0.25, 0.3) is 0 Å². The molecule has 4 heteroatoms. The number of hydrogen-bond donors (Lipinski definition) is 1. The Kier molecular flexibility index (Phi) is 1.70. The van der Waals surface area contributed by atoms with E-state index in [2.05, 4.69) is 4.74 Å². The first-order valence-corrected chi connectivity index (χ1v) is 3.32. The Morgan fingerprint density at radius 2 is 2.50 bits per heavy atom. The van der Waals surface area contributed by atoms with Crippen LogP contribution in [-0.4, -0.2) is 22.7 Å². The predicted octanol–water partition coefficient (Wildman–Crippen LogP) is 0.417. The van der Waals surface area contributed by atoms with E-state index >= 15 is 0 Å². The van der Waals surface area contributed by atoms with Crippen molar-refractivity contribution in [2.45, 2.75) is 12.7 Å². The molecule has 1 heterocycles. The van der Waals surface area contributed by atoms with Gasteiger partial charge in [0.05, 0.1) is 5.88 Å². The van der Waals surface area contributed by atoms with Crippen molar-refractivity contribution in [3.63, 3.8) is 0 Å². The molecule has 0 saturated heterocycles. The zero-order chi connectivity index (χ0) is 7.78. The minimum absolute atomic E-state index is 0.129. The molecule has 1 aliphatic rings. The fourth-order valence-corrected chi connectivity index (χ4v) is 0.865. The van der Waals surface area contributed by atoms with Gasteiger partial charge >= 0.3 is 5.97 Å². The van der Waals surface area contributed by atoms with Crippen LogP contribution in [0.4, 0.5) is 0 Å². The standard InChI is InChI=1S/C6H7ClO3/c1-4-2-6(9,3-7)10-5(4)8/h2,9H,3H2,1H3. The molecule has 0 spiro atoms. The molecular weight excluding hydrogens is 156 g/mol. The summed E-state index contributed by atoms with van der Waals surface area (Å²) in [4.78, 5) is 10.6. The number of hydrogen-bond acceptors (Lipinski definition) is 3. The third-order valence-electron chi connectivity index (χ3n) is 1.22. The van der Waals surface area contributed by atoms with E-state index in [0.29, 0.717) is 5.57 Å². The molecule has 0 bridgehead atoms. The molecule has 0 amide bonds. The first-order chi connectivity index (χ1) is 4.57. The van der Waals surface area contributed by atoms with Gasteiger partial charge in [-0.3, -0.25) is 0 Å². The van der Waals surface area contributed by atoms with Crippen LogP contribution in [0.15, 0.2) is 11.6 Å². The van der Waals surface area contributed by atoms with Crippen LogP contribution in [0.5, 0.6) is 0 Å². The lowest BCUT2D eigenvalue weighted by atomic mass is 10.2. The zero-order valence-electron chi connectivity index (χ0n) is 5.43. The van der Waals surface area contributed by atoms with Gasteiger partial charge in [-0.25, -0.2) is 4.79 Å². The molecule has 1 N–H and O–H groups in total. The van der Waals surface area contributed by atoms with Crippen LogP contribution in [0.3, 0.4) is 0 Å². The Morgan fingerprint density at radius 1 is 1.90 bits per heavy atom. The van der Waals surface area contributed by atoms with Crippen LogP contribution in [0.1, 0.15) is 6.92 Å². The summed E-state index contributed by atoms with van der Waals surface area (Å²) in [6.45, 7) is 1.56. The second-order valence-electron chi connectivity index (χ2n) is 2.20. The van der Waals surface area contributed by atoms with Crippen molar-refractivity contribution in [2.24, 2.45) is 0 Å². The molecule has 0 fully saturated rings. The highest BCUT2D eigenvalue weighted by Crippen LogP contribution is 2.22. The first kappa shape index (κ1) is 7.57. The molecule has 1 atom stereocenters. The Morgan fingerprint density at radius 3 is 2.70 bits per heavy atom. The van der Waals surface area contributed by atoms with E-state index < -0.39 is 11.8 Å². The number of cyclic esters (lactones) is 1. The summed E-state index contributed by atoms with van der Waals surface area (Å²) in [5.74, 6) is -2.21. The van der Waals surface area contributed by atoms with Gasteiger partial charge in [0.15, 0.2) is 0 Å². The van der Waals surface area contributed by atoms with E-state index in [9.17, 15) is 9.90 Å². The molecule has 0 aromatic rings. The van der Waals surface area contributed by atoms with Gasteiger partial charge in [0.1, 0.15) is 0 Å². The second-order valence-corrected chi connectivity index (χ2v) is 2.46. The summed E-state index contributed by atoms with van der Waals surface area (Å²) in [6.07, 6.45) is 1.31. The van der Waals surface area contributed by atoms with E-state index in [1.807, 2.05) is 0 Å². The van der Waals surface area contributed by atoms with Gasteiger partial charge in [-0.15, -0.1) is 11.6 Å².